The van der Waals surface area contributed by atoms with E-state index in [4.69, 9.17) is 11.3 Å². The number of nitriles is 1. The first-order chi connectivity index (χ1) is 16.3. The van der Waals surface area contributed by atoms with Crippen LogP contribution in [0.5, 0.6) is 0 Å². The topological polar surface area (TPSA) is 40.6 Å². The van der Waals surface area contributed by atoms with Crippen molar-refractivity contribution in [2.75, 3.05) is 13.1 Å². The molecule has 0 spiro atoms. The molecule has 0 aliphatic carbocycles. The summed E-state index contributed by atoms with van der Waals surface area (Å²) in [4.78, 5) is 5.94. The summed E-state index contributed by atoms with van der Waals surface area (Å²) in [5.41, 5.74) is 4.57. The molecule has 0 radical (unpaired) electrons. The fourth-order valence-corrected chi connectivity index (χ4v) is 4.56. The third-order valence-corrected chi connectivity index (χ3v) is 7.03. The van der Waals surface area contributed by atoms with E-state index < -0.39 is 0 Å². The zero-order valence-electron chi connectivity index (χ0n) is 22.6. The highest BCUT2D eigenvalue weighted by molar-refractivity contribution is 5.52. The number of hydrogen-bond acceptors (Lipinski definition) is 3. The molecule has 3 heterocycles. The van der Waals surface area contributed by atoms with Gasteiger partial charge in [-0.3, -0.25) is 0 Å². The Bertz CT molecular complexity index is 1160. The molecule has 4 heteroatoms. The van der Waals surface area contributed by atoms with Crippen molar-refractivity contribution in [1.29, 1.82) is 5.26 Å². The Hall–Kier alpha value is -3.24. The van der Waals surface area contributed by atoms with E-state index in [1.54, 1.807) is 6.08 Å². The summed E-state index contributed by atoms with van der Waals surface area (Å²) >= 11 is 0. The smallest absolute Gasteiger partial charge is 0.269 e. The molecule has 0 unspecified atom stereocenters. The minimum atomic E-state index is -0.248. The van der Waals surface area contributed by atoms with Crippen LogP contribution in [0, 0.1) is 34.1 Å². The van der Waals surface area contributed by atoms with E-state index in [2.05, 4.69) is 89.4 Å². The second-order valence-corrected chi connectivity index (χ2v) is 12.0. The van der Waals surface area contributed by atoms with Crippen LogP contribution in [-0.2, 0) is 4.74 Å². The monoisotopic (exact) mass is 469 g/mol. The second-order valence-electron chi connectivity index (χ2n) is 12.0. The van der Waals surface area contributed by atoms with E-state index in [1.165, 1.54) is 17.7 Å². The molecule has 0 atom stereocenters. The molecule has 184 valence electrons. The summed E-state index contributed by atoms with van der Waals surface area (Å²) in [5, 5.41) is 9.41. The summed E-state index contributed by atoms with van der Waals surface area (Å²) in [7, 11) is 0. The number of fused-ring (bicyclic) bond motifs is 1. The van der Waals surface area contributed by atoms with Gasteiger partial charge >= 0.3 is 0 Å². The van der Waals surface area contributed by atoms with E-state index in [0.29, 0.717) is 11.3 Å². The van der Waals surface area contributed by atoms with Crippen molar-refractivity contribution in [1.82, 2.24) is 4.90 Å². The number of rotatable bonds is 3. The molecular weight excluding hydrogens is 430 g/mol. The van der Waals surface area contributed by atoms with E-state index in [1.807, 2.05) is 18.2 Å². The van der Waals surface area contributed by atoms with Crippen LogP contribution >= 0.6 is 0 Å². The molecule has 1 saturated heterocycles. The van der Waals surface area contributed by atoms with Gasteiger partial charge in [0.05, 0.1) is 12.6 Å². The van der Waals surface area contributed by atoms with Gasteiger partial charge < -0.3 is 9.64 Å². The Labute approximate surface area is 212 Å². The summed E-state index contributed by atoms with van der Waals surface area (Å²) in [5.74, 6) is 1.37. The van der Waals surface area contributed by atoms with Gasteiger partial charge in [0.1, 0.15) is 11.5 Å². The SMILES string of the molecule is [C-]#[N+]/C(C#N)=C1C=C(/C=C/C(C=C2C3=CC(C)(C)CCN3CCC2(C)C)=C/C)OC(C(C)(C)C)=C\1. The third-order valence-electron chi connectivity index (χ3n) is 7.03. The highest BCUT2D eigenvalue weighted by Crippen LogP contribution is 2.46. The lowest BCUT2D eigenvalue weighted by molar-refractivity contribution is 0.194. The van der Waals surface area contributed by atoms with E-state index in [0.717, 1.165) is 30.8 Å². The molecule has 0 aromatic carbocycles. The first-order valence-corrected chi connectivity index (χ1v) is 12.5. The van der Waals surface area contributed by atoms with Gasteiger partial charge in [-0.2, -0.15) is 0 Å². The Kier molecular flexibility index (Phi) is 7.37. The predicted octanol–water partition coefficient (Wildman–Crippen LogP) is 8.00. The lowest BCUT2D eigenvalue weighted by atomic mass is 9.72. The standard InChI is InChI=1S/C31H39N3O/c1-10-22(17-25-27-20-30(5,6)13-15-34(27)16-14-31(25,7)8)11-12-24-18-23(26(21-32)33-9)19-28(35-24)29(2,3)4/h10-12,17-20H,13-16H2,1-8H3/b12-11+,22-10-,25-17?,26-23+. The third kappa shape index (κ3) is 6.07. The van der Waals surface area contributed by atoms with Gasteiger partial charge in [0.25, 0.3) is 5.70 Å². The van der Waals surface area contributed by atoms with Crippen LogP contribution in [0.2, 0.25) is 0 Å². The van der Waals surface area contributed by atoms with Crippen molar-refractivity contribution in [3.8, 4) is 6.07 Å². The van der Waals surface area contributed by atoms with E-state index in [-0.39, 0.29) is 21.9 Å². The number of ether oxygens (including phenoxy) is 1. The first-order valence-electron chi connectivity index (χ1n) is 12.5. The Morgan fingerprint density at radius 2 is 1.86 bits per heavy atom. The lowest BCUT2D eigenvalue weighted by Gasteiger charge is -2.47. The van der Waals surface area contributed by atoms with Gasteiger partial charge in [-0.1, -0.05) is 66.7 Å². The van der Waals surface area contributed by atoms with Crippen LogP contribution in [0.3, 0.4) is 0 Å². The van der Waals surface area contributed by atoms with Gasteiger partial charge in [0.2, 0.25) is 0 Å². The molecule has 35 heavy (non-hydrogen) atoms. The Morgan fingerprint density at radius 3 is 2.46 bits per heavy atom. The molecule has 0 bridgehead atoms. The van der Waals surface area contributed by atoms with Crippen molar-refractivity contribution < 1.29 is 4.74 Å². The van der Waals surface area contributed by atoms with Gasteiger partial charge in [-0.25, -0.2) is 10.1 Å². The fraction of sp³-hybridized carbons (Fsp3) is 0.484. The number of nitrogens with zero attached hydrogens (tertiary/aromatic N) is 3. The van der Waals surface area contributed by atoms with E-state index >= 15 is 0 Å². The molecule has 1 fully saturated rings. The average Bonchev–Trinajstić information content (AvgIpc) is 2.77. The van der Waals surface area contributed by atoms with Gasteiger partial charge in [0.15, 0.2) is 0 Å². The van der Waals surface area contributed by atoms with Crippen molar-refractivity contribution >= 4 is 0 Å². The van der Waals surface area contributed by atoms with Crippen LogP contribution in [0.4, 0.5) is 0 Å². The zero-order chi connectivity index (χ0) is 26.0. The molecule has 0 aromatic heterocycles. The Morgan fingerprint density at radius 1 is 1.17 bits per heavy atom. The maximum absolute atomic E-state index is 9.41. The molecule has 0 saturated carbocycles. The zero-order valence-corrected chi connectivity index (χ0v) is 22.6. The molecule has 3 aliphatic rings. The summed E-state index contributed by atoms with van der Waals surface area (Å²) < 4.78 is 6.18. The molecule has 0 amide bonds. The van der Waals surface area contributed by atoms with Crippen LogP contribution < -0.4 is 0 Å². The van der Waals surface area contributed by atoms with E-state index in [9.17, 15) is 5.26 Å². The van der Waals surface area contributed by atoms with Crippen LogP contribution in [-0.4, -0.2) is 18.0 Å². The summed E-state index contributed by atoms with van der Waals surface area (Å²) in [6, 6.07) is 2.01. The second kappa shape index (κ2) is 9.79. The lowest BCUT2D eigenvalue weighted by Crippen LogP contribution is -2.42. The molecular formula is C31H39N3O. The normalized spacial score (nSPS) is 24.5. The number of piperidine rings is 1. The van der Waals surface area contributed by atoms with Crippen LogP contribution in [0.25, 0.3) is 4.85 Å². The van der Waals surface area contributed by atoms with Crippen molar-refractivity contribution in [3.63, 3.8) is 0 Å². The maximum atomic E-state index is 9.41. The van der Waals surface area contributed by atoms with Crippen molar-refractivity contribution in [2.24, 2.45) is 16.2 Å². The quantitative estimate of drug-likeness (QED) is 0.239. The summed E-state index contributed by atoms with van der Waals surface area (Å²) in [6.07, 6.45) is 16.8. The fourth-order valence-electron chi connectivity index (χ4n) is 4.56. The van der Waals surface area contributed by atoms with Gasteiger partial charge in [-0.05, 0) is 71.6 Å². The number of hydrogen-bond donors (Lipinski definition) is 0. The average molecular weight is 470 g/mol. The molecule has 3 rings (SSSR count). The largest absolute Gasteiger partial charge is 0.461 e. The minimum absolute atomic E-state index is 0.0743. The summed E-state index contributed by atoms with van der Waals surface area (Å²) in [6.45, 7) is 27.1. The molecule has 4 nitrogen and oxygen atoms in total. The first kappa shape index (κ1) is 26.4. The van der Waals surface area contributed by atoms with Crippen LogP contribution in [0.1, 0.15) is 68.2 Å². The van der Waals surface area contributed by atoms with Gasteiger partial charge in [-0.15, -0.1) is 0 Å². The van der Waals surface area contributed by atoms with Crippen LogP contribution in [0.15, 0.2) is 82.2 Å². The molecule has 0 aromatic rings. The highest BCUT2D eigenvalue weighted by atomic mass is 16.5. The number of allylic oxidation sites excluding steroid dienone is 12. The molecule has 3 aliphatic heterocycles. The minimum Gasteiger partial charge on any atom is -0.461 e. The van der Waals surface area contributed by atoms with Crippen molar-refractivity contribution in [2.45, 2.75) is 68.2 Å². The Balaban J connectivity index is 1.99. The van der Waals surface area contributed by atoms with Gasteiger partial charge in [0, 0.05) is 24.2 Å². The van der Waals surface area contributed by atoms with Crippen molar-refractivity contribution in [3.05, 3.63) is 93.6 Å². The highest BCUT2D eigenvalue weighted by Gasteiger charge is 2.37. The predicted molar refractivity (Wildman–Crippen MR) is 143 cm³/mol. The molecule has 0 N–H and O–H groups in total. The maximum Gasteiger partial charge on any atom is 0.269 e.